The van der Waals surface area contributed by atoms with E-state index in [1.54, 1.807) is 35.6 Å². The Kier molecular flexibility index (Phi) is 5.03. The van der Waals surface area contributed by atoms with Crippen LogP contribution in [0, 0.1) is 24.0 Å². The van der Waals surface area contributed by atoms with Gasteiger partial charge in [0.05, 0.1) is 15.6 Å². The Labute approximate surface area is 128 Å². The van der Waals surface area contributed by atoms with Gasteiger partial charge >= 0.3 is 0 Å². The summed E-state index contributed by atoms with van der Waals surface area (Å²) < 4.78 is 0. The molecule has 2 rings (SSSR count). The lowest BCUT2D eigenvalue weighted by molar-refractivity contribution is -0.384. The van der Waals surface area contributed by atoms with E-state index >= 15 is 0 Å². The van der Waals surface area contributed by atoms with Crippen molar-refractivity contribution >= 4 is 17.0 Å². The summed E-state index contributed by atoms with van der Waals surface area (Å²) in [5, 5.41) is 15.2. The van der Waals surface area contributed by atoms with Crippen LogP contribution in [0.25, 0.3) is 0 Å². The van der Waals surface area contributed by atoms with Crippen molar-refractivity contribution in [1.29, 1.82) is 0 Å². The van der Waals surface area contributed by atoms with Gasteiger partial charge in [0, 0.05) is 29.6 Å². The standard InChI is InChI=1S/C15H19N3O2S/c1-10(13-4-6-14(7-5-13)18(19)20)16-9-8-15-11(2)17-12(3)21-15/h4-7,10,16H,8-9H2,1-3H3. The van der Waals surface area contributed by atoms with Gasteiger partial charge in [-0.25, -0.2) is 4.98 Å². The predicted molar refractivity (Wildman–Crippen MR) is 84.8 cm³/mol. The molecule has 1 aromatic heterocycles. The lowest BCUT2D eigenvalue weighted by Gasteiger charge is -2.13. The topological polar surface area (TPSA) is 68.1 Å². The van der Waals surface area contributed by atoms with Crippen LogP contribution in [0.5, 0.6) is 0 Å². The number of hydrogen-bond donors (Lipinski definition) is 1. The summed E-state index contributed by atoms with van der Waals surface area (Å²) in [4.78, 5) is 16.0. The third-order valence-corrected chi connectivity index (χ3v) is 4.54. The van der Waals surface area contributed by atoms with Crippen LogP contribution in [0.1, 0.15) is 34.1 Å². The molecule has 5 nitrogen and oxygen atoms in total. The molecule has 0 spiro atoms. The fourth-order valence-electron chi connectivity index (χ4n) is 2.21. The SMILES string of the molecule is Cc1nc(C)c(CCNC(C)c2ccc([N+](=O)[O-])cc2)s1. The number of benzene rings is 1. The summed E-state index contributed by atoms with van der Waals surface area (Å²) in [5.41, 5.74) is 2.29. The van der Waals surface area contributed by atoms with Crippen molar-refractivity contribution in [2.24, 2.45) is 0 Å². The molecule has 1 N–H and O–H groups in total. The maximum atomic E-state index is 10.6. The van der Waals surface area contributed by atoms with E-state index < -0.39 is 0 Å². The number of rotatable bonds is 6. The molecule has 0 fully saturated rings. The first-order valence-electron chi connectivity index (χ1n) is 6.88. The highest BCUT2D eigenvalue weighted by Crippen LogP contribution is 2.19. The third-order valence-electron chi connectivity index (χ3n) is 3.41. The Morgan fingerprint density at radius 3 is 2.52 bits per heavy atom. The second-order valence-electron chi connectivity index (χ2n) is 5.02. The zero-order chi connectivity index (χ0) is 15.4. The number of nitrogens with zero attached hydrogens (tertiary/aromatic N) is 2. The van der Waals surface area contributed by atoms with Gasteiger partial charge in [0.25, 0.3) is 5.69 Å². The molecular formula is C15H19N3O2S. The number of nitrogens with one attached hydrogen (secondary N) is 1. The predicted octanol–water partition coefficient (Wildman–Crippen LogP) is 3.56. The van der Waals surface area contributed by atoms with E-state index in [-0.39, 0.29) is 16.7 Å². The largest absolute Gasteiger partial charge is 0.310 e. The maximum absolute atomic E-state index is 10.6. The molecule has 0 aliphatic heterocycles. The summed E-state index contributed by atoms with van der Waals surface area (Å²) in [7, 11) is 0. The minimum atomic E-state index is -0.378. The first kappa shape index (κ1) is 15.6. The van der Waals surface area contributed by atoms with E-state index in [0.29, 0.717) is 0 Å². The van der Waals surface area contributed by atoms with Gasteiger partial charge in [0.2, 0.25) is 0 Å². The molecule has 0 saturated heterocycles. The van der Waals surface area contributed by atoms with Gasteiger partial charge in [-0.2, -0.15) is 0 Å². The Bertz CT molecular complexity index is 622. The van der Waals surface area contributed by atoms with Crippen molar-refractivity contribution in [2.45, 2.75) is 33.2 Å². The van der Waals surface area contributed by atoms with Crippen molar-refractivity contribution < 1.29 is 4.92 Å². The highest BCUT2D eigenvalue weighted by atomic mass is 32.1. The number of non-ortho nitro benzene ring substituents is 1. The lowest BCUT2D eigenvalue weighted by Crippen LogP contribution is -2.21. The van der Waals surface area contributed by atoms with Crippen molar-refractivity contribution in [3.05, 3.63) is 55.5 Å². The molecular weight excluding hydrogens is 286 g/mol. The molecule has 21 heavy (non-hydrogen) atoms. The quantitative estimate of drug-likeness (QED) is 0.654. The van der Waals surface area contributed by atoms with Crippen LogP contribution in [0.15, 0.2) is 24.3 Å². The van der Waals surface area contributed by atoms with Crippen LogP contribution in [-0.2, 0) is 6.42 Å². The molecule has 1 heterocycles. The molecule has 6 heteroatoms. The van der Waals surface area contributed by atoms with Crippen LogP contribution in [-0.4, -0.2) is 16.5 Å². The minimum Gasteiger partial charge on any atom is -0.310 e. The average molecular weight is 305 g/mol. The van der Waals surface area contributed by atoms with Crippen LogP contribution in [0.4, 0.5) is 5.69 Å². The average Bonchev–Trinajstić information content (AvgIpc) is 2.77. The molecule has 112 valence electrons. The third kappa shape index (κ3) is 4.09. The number of thiazole rings is 1. The minimum absolute atomic E-state index is 0.127. The zero-order valence-electron chi connectivity index (χ0n) is 12.4. The van der Waals surface area contributed by atoms with Crippen LogP contribution >= 0.6 is 11.3 Å². The Hall–Kier alpha value is -1.79. The normalized spacial score (nSPS) is 12.3. The van der Waals surface area contributed by atoms with Crippen LogP contribution < -0.4 is 5.32 Å². The molecule has 1 aromatic carbocycles. The summed E-state index contributed by atoms with van der Waals surface area (Å²) in [5.74, 6) is 0. The van der Waals surface area contributed by atoms with Crippen LogP contribution in [0.2, 0.25) is 0 Å². The molecule has 0 bridgehead atoms. The zero-order valence-corrected chi connectivity index (χ0v) is 13.2. The van der Waals surface area contributed by atoms with E-state index in [9.17, 15) is 10.1 Å². The van der Waals surface area contributed by atoms with E-state index in [1.807, 2.05) is 13.8 Å². The second kappa shape index (κ2) is 6.78. The number of aromatic nitrogens is 1. The fraction of sp³-hybridized carbons (Fsp3) is 0.400. The van der Waals surface area contributed by atoms with Crippen molar-refractivity contribution in [3.63, 3.8) is 0 Å². The Morgan fingerprint density at radius 2 is 2.00 bits per heavy atom. The molecule has 0 amide bonds. The van der Waals surface area contributed by atoms with Gasteiger partial charge in [-0.1, -0.05) is 12.1 Å². The molecule has 0 aliphatic carbocycles. The smallest absolute Gasteiger partial charge is 0.269 e. The van der Waals surface area contributed by atoms with E-state index in [2.05, 4.69) is 17.2 Å². The van der Waals surface area contributed by atoms with Crippen molar-refractivity contribution in [3.8, 4) is 0 Å². The summed E-state index contributed by atoms with van der Waals surface area (Å²) in [6.07, 6.45) is 0.953. The maximum Gasteiger partial charge on any atom is 0.269 e. The molecule has 2 aromatic rings. The number of aryl methyl sites for hydroxylation is 2. The molecule has 1 atom stereocenters. The second-order valence-corrected chi connectivity index (χ2v) is 6.30. The fourth-order valence-corrected chi connectivity index (χ4v) is 3.15. The number of nitro groups is 1. The van der Waals surface area contributed by atoms with Gasteiger partial charge in [-0.05, 0) is 32.8 Å². The highest BCUT2D eigenvalue weighted by Gasteiger charge is 2.09. The van der Waals surface area contributed by atoms with Gasteiger partial charge in [0.1, 0.15) is 0 Å². The summed E-state index contributed by atoms with van der Waals surface area (Å²) in [6.45, 7) is 6.99. The summed E-state index contributed by atoms with van der Waals surface area (Å²) >= 11 is 1.74. The van der Waals surface area contributed by atoms with Crippen molar-refractivity contribution in [1.82, 2.24) is 10.3 Å². The lowest BCUT2D eigenvalue weighted by atomic mass is 10.1. The molecule has 0 aliphatic rings. The number of hydrogen-bond acceptors (Lipinski definition) is 5. The Balaban J connectivity index is 1.88. The number of nitro benzene ring substituents is 1. The van der Waals surface area contributed by atoms with Gasteiger partial charge in [-0.15, -0.1) is 11.3 Å². The first-order chi connectivity index (χ1) is 9.97. The molecule has 1 unspecified atom stereocenters. The van der Waals surface area contributed by atoms with E-state index in [4.69, 9.17) is 0 Å². The summed E-state index contributed by atoms with van der Waals surface area (Å²) in [6, 6.07) is 6.87. The monoisotopic (exact) mass is 305 g/mol. The molecule has 0 saturated carbocycles. The Morgan fingerprint density at radius 1 is 1.33 bits per heavy atom. The highest BCUT2D eigenvalue weighted by molar-refractivity contribution is 7.11. The molecule has 0 radical (unpaired) electrons. The van der Waals surface area contributed by atoms with Crippen LogP contribution in [0.3, 0.4) is 0 Å². The van der Waals surface area contributed by atoms with Crippen molar-refractivity contribution in [2.75, 3.05) is 6.54 Å². The van der Waals surface area contributed by atoms with Gasteiger partial charge in [-0.3, -0.25) is 10.1 Å². The van der Waals surface area contributed by atoms with Gasteiger partial charge < -0.3 is 5.32 Å². The van der Waals surface area contributed by atoms with Gasteiger partial charge in [0.15, 0.2) is 0 Å². The van der Waals surface area contributed by atoms with E-state index in [0.717, 1.165) is 29.2 Å². The first-order valence-corrected chi connectivity index (χ1v) is 7.69. The van der Waals surface area contributed by atoms with E-state index in [1.165, 1.54) is 4.88 Å².